The topological polar surface area (TPSA) is 112 Å². The Morgan fingerprint density at radius 3 is 2.32 bits per heavy atom. The van der Waals surface area contributed by atoms with Gasteiger partial charge in [0.25, 0.3) is 5.91 Å². The van der Waals surface area contributed by atoms with Crippen molar-refractivity contribution in [3.63, 3.8) is 0 Å². The molecule has 3 amide bonds. The van der Waals surface area contributed by atoms with Crippen molar-refractivity contribution in [3.05, 3.63) is 58.1 Å². The lowest BCUT2D eigenvalue weighted by Gasteiger charge is -2.41. The predicted molar refractivity (Wildman–Crippen MR) is 146 cm³/mol. The Labute approximate surface area is 228 Å². The van der Waals surface area contributed by atoms with Crippen molar-refractivity contribution >= 4 is 40.7 Å². The molecule has 9 heteroatoms. The van der Waals surface area contributed by atoms with Gasteiger partial charge in [0, 0.05) is 49.4 Å². The number of benzene rings is 2. The second-order valence-electron chi connectivity index (χ2n) is 10.3. The third kappa shape index (κ3) is 6.35. The number of carbonyl (C=O) groups is 3. The number of carbonyl (C=O) groups excluding carboxylic acids is 3. The zero-order valence-electron chi connectivity index (χ0n) is 21.9. The number of hydrogen-bond donors (Lipinski definition) is 2. The molecular weight excluding hydrogens is 504 g/mol. The number of amides is 3. The molecule has 1 aliphatic heterocycles. The van der Waals surface area contributed by atoms with Crippen LogP contribution in [0.1, 0.15) is 73.4 Å². The lowest BCUT2D eigenvalue weighted by Crippen LogP contribution is -2.49. The summed E-state index contributed by atoms with van der Waals surface area (Å²) in [6, 6.07) is 12.1. The number of rotatable bonds is 10. The molecule has 4 rings (SSSR count). The van der Waals surface area contributed by atoms with E-state index in [1.807, 2.05) is 30.0 Å². The lowest BCUT2D eigenvalue weighted by atomic mass is 9.85. The van der Waals surface area contributed by atoms with Gasteiger partial charge in [-0.1, -0.05) is 31.5 Å². The molecule has 1 saturated carbocycles. The number of nitrogens with one attached hydrogen (secondary N) is 2. The Hall–Kier alpha value is -3.41. The van der Waals surface area contributed by atoms with E-state index in [0.717, 1.165) is 24.8 Å². The SMILES string of the molecule is CCC1c2ccc(NC(=O)CC(C)CC(=O)Nc3ccc(C#N)c(Cl)c3)cc2C(=O)N(CC2CC2)C1OC. The minimum absolute atomic E-state index is 0.0625. The van der Waals surface area contributed by atoms with E-state index in [2.05, 4.69) is 17.6 Å². The van der Waals surface area contributed by atoms with E-state index in [1.165, 1.54) is 6.07 Å². The monoisotopic (exact) mass is 536 g/mol. The molecule has 3 unspecified atom stereocenters. The van der Waals surface area contributed by atoms with Crippen LogP contribution in [0.5, 0.6) is 0 Å². The number of fused-ring (bicyclic) bond motifs is 1. The van der Waals surface area contributed by atoms with Crippen molar-refractivity contribution in [2.45, 2.75) is 58.1 Å². The zero-order chi connectivity index (χ0) is 27.4. The maximum absolute atomic E-state index is 13.4. The zero-order valence-corrected chi connectivity index (χ0v) is 22.7. The molecule has 2 aromatic carbocycles. The van der Waals surface area contributed by atoms with Crippen LogP contribution < -0.4 is 10.6 Å². The molecule has 2 N–H and O–H groups in total. The Bertz CT molecular complexity index is 1270. The predicted octanol–water partition coefficient (Wildman–Crippen LogP) is 5.54. The summed E-state index contributed by atoms with van der Waals surface area (Å²) in [4.78, 5) is 40.5. The molecule has 0 radical (unpaired) electrons. The second kappa shape index (κ2) is 12.0. The molecular formula is C29H33ClN4O4. The first kappa shape index (κ1) is 27.6. The van der Waals surface area contributed by atoms with Gasteiger partial charge in [0.05, 0.1) is 10.6 Å². The minimum atomic E-state index is -0.284. The first-order valence-corrected chi connectivity index (χ1v) is 13.4. The van der Waals surface area contributed by atoms with E-state index in [4.69, 9.17) is 21.6 Å². The molecule has 0 bridgehead atoms. The number of anilines is 2. The van der Waals surface area contributed by atoms with Crippen LogP contribution >= 0.6 is 11.6 Å². The van der Waals surface area contributed by atoms with E-state index >= 15 is 0 Å². The average molecular weight is 537 g/mol. The van der Waals surface area contributed by atoms with Crippen LogP contribution in [-0.4, -0.2) is 42.5 Å². The van der Waals surface area contributed by atoms with Crippen LogP contribution in [-0.2, 0) is 14.3 Å². The lowest BCUT2D eigenvalue weighted by molar-refractivity contribution is -0.118. The van der Waals surface area contributed by atoms with Crippen molar-refractivity contribution < 1.29 is 19.1 Å². The highest BCUT2D eigenvalue weighted by Crippen LogP contribution is 2.40. The summed E-state index contributed by atoms with van der Waals surface area (Å²) in [5.41, 5.74) is 2.94. The van der Waals surface area contributed by atoms with Crippen molar-refractivity contribution in [1.82, 2.24) is 4.90 Å². The average Bonchev–Trinajstić information content (AvgIpc) is 3.69. The maximum atomic E-state index is 13.4. The van der Waals surface area contributed by atoms with Crippen LogP contribution in [0, 0.1) is 23.2 Å². The first-order valence-electron chi connectivity index (χ1n) is 13.0. The van der Waals surface area contributed by atoms with Crippen LogP contribution in [0.15, 0.2) is 36.4 Å². The van der Waals surface area contributed by atoms with Crippen molar-refractivity contribution in [2.24, 2.45) is 11.8 Å². The summed E-state index contributed by atoms with van der Waals surface area (Å²) < 4.78 is 5.77. The van der Waals surface area contributed by atoms with Gasteiger partial charge in [-0.25, -0.2) is 0 Å². The summed E-state index contributed by atoms with van der Waals surface area (Å²) in [5.74, 6) is -0.158. The fourth-order valence-electron chi connectivity index (χ4n) is 5.07. The molecule has 0 saturated heterocycles. The van der Waals surface area contributed by atoms with Crippen molar-refractivity contribution in [1.29, 1.82) is 5.26 Å². The Morgan fingerprint density at radius 1 is 1.13 bits per heavy atom. The highest BCUT2D eigenvalue weighted by atomic mass is 35.5. The number of halogens is 1. The Morgan fingerprint density at radius 2 is 1.76 bits per heavy atom. The van der Waals surface area contributed by atoms with Crippen LogP contribution in [0.4, 0.5) is 11.4 Å². The van der Waals surface area contributed by atoms with E-state index in [9.17, 15) is 14.4 Å². The molecule has 0 aromatic heterocycles. The van der Waals surface area contributed by atoms with E-state index < -0.39 is 0 Å². The number of hydrogen-bond acceptors (Lipinski definition) is 5. The number of nitriles is 1. The van der Waals surface area contributed by atoms with Crippen LogP contribution in [0.25, 0.3) is 0 Å². The third-order valence-corrected chi connectivity index (χ3v) is 7.47. The molecule has 38 heavy (non-hydrogen) atoms. The van der Waals surface area contributed by atoms with Crippen molar-refractivity contribution in [3.8, 4) is 6.07 Å². The molecule has 1 heterocycles. The standard InChI is InChI=1S/C29H33ClN4O4/c1-4-22-23-10-9-20(13-24(23)28(37)34(29(22)38-3)16-18-5-6-18)32-26(35)11-17(2)12-27(36)33-21-8-7-19(15-31)25(30)14-21/h7-10,13-14,17-18,22,29H,4-6,11-12,16H2,1-3H3,(H,32,35)(H,33,36). The number of nitrogens with zero attached hydrogens (tertiary/aromatic N) is 2. The molecule has 3 atom stereocenters. The molecule has 1 aliphatic carbocycles. The fourth-order valence-corrected chi connectivity index (χ4v) is 5.30. The van der Waals surface area contributed by atoms with E-state index in [0.29, 0.717) is 35.0 Å². The quantitative estimate of drug-likeness (QED) is 0.414. The van der Waals surface area contributed by atoms with E-state index in [-0.39, 0.29) is 53.6 Å². The van der Waals surface area contributed by atoms with Gasteiger partial charge in [-0.3, -0.25) is 14.4 Å². The molecule has 2 aliphatic rings. The molecule has 1 fully saturated rings. The normalized spacial score (nSPS) is 19.3. The Balaban J connectivity index is 1.37. The van der Waals surface area contributed by atoms with Gasteiger partial charge >= 0.3 is 0 Å². The number of ether oxygens (including phenoxy) is 1. The van der Waals surface area contributed by atoms with Crippen LogP contribution in [0.3, 0.4) is 0 Å². The minimum Gasteiger partial charge on any atom is -0.361 e. The Kier molecular flexibility index (Phi) is 8.70. The molecule has 200 valence electrons. The summed E-state index contributed by atoms with van der Waals surface area (Å²) in [5, 5.41) is 14.9. The van der Waals surface area contributed by atoms with Crippen molar-refractivity contribution in [2.75, 3.05) is 24.3 Å². The third-order valence-electron chi connectivity index (χ3n) is 7.15. The van der Waals surface area contributed by atoms with Gasteiger partial charge in [-0.15, -0.1) is 0 Å². The first-order chi connectivity index (χ1) is 18.2. The molecule has 8 nitrogen and oxygen atoms in total. The second-order valence-corrected chi connectivity index (χ2v) is 10.7. The fraction of sp³-hybridized carbons (Fsp3) is 0.448. The van der Waals surface area contributed by atoms with Crippen LogP contribution in [0.2, 0.25) is 5.02 Å². The van der Waals surface area contributed by atoms with Gasteiger partial charge in [0.1, 0.15) is 12.3 Å². The van der Waals surface area contributed by atoms with Gasteiger partial charge in [0.2, 0.25) is 11.8 Å². The highest BCUT2D eigenvalue weighted by Gasteiger charge is 2.41. The van der Waals surface area contributed by atoms with E-state index in [1.54, 1.807) is 25.3 Å². The van der Waals surface area contributed by atoms with Gasteiger partial charge in [-0.05, 0) is 67.0 Å². The smallest absolute Gasteiger partial charge is 0.256 e. The largest absolute Gasteiger partial charge is 0.361 e. The summed E-state index contributed by atoms with van der Waals surface area (Å²) in [6.07, 6.45) is 3.10. The summed E-state index contributed by atoms with van der Waals surface area (Å²) in [7, 11) is 1.65. The number of methoxy groups -OCH3 is 1. The van der Waals surface area contributed by atoms with Gasteiger partial charge in [0.15, 0.2) is 0 Å². The molecule has 2 aromatic rings. The van der Waals surface area contributed by atoms with Gasteiger partial charge < -0.3 is 20.3 Å². The maximum Gasteiger partial charge on any atom is 0.256 e. The summed E-state index contributed by atoms with van der Waals surface area (Å²) >= 11 is 6.02. The molecule has 0 spiro atoms. The highest BCUT2D eigenvalue weighted by molar-refractivity contribution is 6.32. The van der Waals surface area contributed by atoms with Gasteiger partial charge in [-0.2, -0.15) is 5.26 Å². The summed E-state index contributed by atoms with van der Waals surface area (Å²) in [6.45, 7) is 4.61.